The lowest BCUT2D eigenvalue weighted by molar-refractivity contribution is 0.195. The van der Waals surface area contributed by atoms with Gasteiger partial charge in [0.05, 0.1) is 27.4 Å². The third kappa shape index (κ3) is 7.31. The summed E-state index contributed by atoms with van der Waals surface area (Å²) in [5, 5.41) is 2.96. The molecule has 0 spiro atoms. The summed E-state index contributed by atoms with van der Waals surface area (Å²) in [7, 11) is -3.09. The molecule has 1 fully saturated rings. The van der Waals surface area contributed by atoms with Crippen LogP contribution in [0.2, 0.25) is 39.3 Å². The highest BCUT2D eigenvalue weighted by Crippen LogP contribution is 2.63. The number of fused-ring (bicyclic) bond motifs is 7. The molecular weight excluding hydrogens is 854 g/mol. The maximum atomic E-state index is 2.92. The monoisotopic (exact) mass is 932 g/mol. The summed E-state index contributed by atoms with van der Waals surface area (Å²) in [6.07, 6.45) is 4.87. The van der Waals surface area contributed by atoms with Crippen molar-refractivity contribution in [3.63, 3.8) is 0 Å². The highest BCUT2D eigenvalue weighted by molar-refractivity contribution is 7.00. The van der Waals surface area contributed by atoms with Crippen LogP contribution in [0.4, 0.5) is 45.5 Å². The van der Waals surface area contributed by atoms with Crippen molar-refractivity contribution in [3.8, 4) is 0 Å². The second-order valence-corrected chi connectivity index (χ2v) is 36.9. The molecule has 3 heterocycles. The van der Waals surface area contributed by atoms with Crippen LogP contribution >= 0.6 is 0 Å². The molecule has 10 rings (SSSR count). The van der Waals surface area contributed by atoms with Crippen LogP contribution < -0.4 is 41.5 Å². The van der Waals surface area contributed by atoms with E-state index in [2.05, 4.69) is 245 Å². The summed E-state index contributed by atoms with van der Waals surface area (Å²) in [5.41, 5.74) is 20.1. The molecule has 0 amide bonds. The molecule has 0 saturated heterocycles. The van der Waals surface area contributed by atoms with Gasteiger partial charge in [0, 0.05) is 45.2 Å². The average molecular weight is 932 g/mol. The van der Waals surface area contributed by atoms with Crippen molar-refractivity contribution in [3.05, 3.63) is 138 Å². The standard InChI is InChI=1S/C62H78BN3Si2/c1-58(2,3)41-21-20-22-46(35-41)65-53-38-42(59(4,5)6)23-32-51(53)63-52-37-43(60(7,8)9)36-50-57(52)66(62(11)34-19-18-33-61(50,62)10)55-40-47(39-54(65)56(55)63)64(44-24-28-48(29-25-44)67(12,13)14)45-26-30-49(31-27-45)68(15,16)17/h20-32,35-40H,18-19,33-34H2,1-17H3. The normalized spacial score (nSPS) is 19.9. The first-order valence-electron chi connectivity index (χ1n) is 25.8. The lowest BCUT2D eigenvalue weighted by Gasteiger charge is -2.53. The first-order chi connectivity index (χ1) is 31.6. The molecule has 6 aromatic carbocycles. The van der Waals surface area contributed by atoms with Crippen molar-refractivity contribution < 1.29 is 0 Å². The van der Waals surface area contributed by atoms with E-state index in [-0.39, 0.29) is 33.9 Å². The van der Waals surface area contributed by atoms with Gasteiger partial charge >= 0.3 is 0 Å². The van der Waals surface area contributed by atoms with Crippen LogP contribution in [0.25, 0.3) is 0 Å². The predicted molar refractivity (Wildman–Crippen MR) is 305 cm³/mol. The lowest BCUT2D eigenvalue weighted by atomic mass is 9.33. The number of benzene rings is 6. The van der Waals surface area contributed by atoms with E-state index in [0.717, 1.165) is 6.42 Å². The minimum absolute atomic E-state index is 0.00306. The molecule has 0 bridgehead atoms. The van der Waals surface area contributed by atoms with Crippen molar-refractivity contribution in [2.75, 3.05) is 14.7 Å². The highest BCUT2D eigenvalue weighted by Gasteiger charge is 2.61. The van der Waals surface area contributed by atoms with E-state index >= 15 is 0 Å². The number of hydrogen-bond acceptors (Lipinski definition) is 3. The zero-order valence-corrected chi connectivity index (χ0v) is 46.7. The number of rotatable bonds is 6. The molecule has 0 aromatic heterocycles. The summed E-state index contributed by atoms with van der Waals surface area (Å²) >= 11 is 0. The number of nitrogens with zero attached hydrogens (tertiary/aromatic N) is 3. The molecule has 2 unspecified atom stereocenters. The molecule has 4 aliphatic rings. The molecule has 6 heteroatoms. The maximum absolute atomic E-state index is 2.92. The van der Waals surface area contributed by atoms with Crippen molar-refractivity contribution in [2.45, 2.75) is 168 Å². The largest absolute Gasteiger partial charge is 0.335 e. The van der Waals surface area contributed by atoms with Gasteiger partial charge in [0.2, 0.25) is 0 Å². The van der Waals surface area contributed by atoms with Gasteiger partial charge < -0.3 is 14.7 Å². The number of anilines is 8. The van der Waals surface area contributed by atoms with Gasteiger partial charge in [0.1, 0.15) is 0 Å². The van der Waals surface area contributed by atoms with Crippen molar-refractivity contribution in [2.24, 2.45) is 0 Å². The van der Waals surface area contributed by atoms with E-state index in [1.807, 2.05) is 0 Å². The minimum atomic E-state index is -1.55. The molecular formula is C62H78BN3Si2. The Kier molecular flexibility index (Phi) is 10.6. The molecule has 1 aliphatic carbocycles. The smallest absolute Gasteiger partial charge is 0.252 e. The molecule has 1 saturated carbocycles. The zero-order chi connectivity index (χ0) is 48.9. The first kappa shape index (κ1) is 46.9. The Balaban J connectivity index is 1.36. The third-order valence-corrected chi connectivity index (χ3v) is 21.1. The van der Waals surface area contributed by atoms with E-state index < -0.39 is 16.1 Å². The van der Waals surface area contributed by atoms with E-state index in [1.54, 1.807) is 5.56 Å². The van der Waals surface area contributed by atoms with E-state index in [1.165, 1.54) is 108 Å². The fourth-order valence-electron chi connectivity index (χ4n) is 12.4. The van der Waals surface area contributed by atoms with Gasteiger partial charge in [-0.1, -0.05) is 192 Å². The van der Waals surface area contributed by atoms with E-state index in [4.69, 9.17) is 0 Å². The predicted octanol–water partition coefficient (Wildman–Crippen LogP) is 14.5. The molecule has 2 atom stereocenters. The molecule has 3 aliphatic heterocycles. The topological polar surface area (TPSA) is 9.72 Å². The van der Waals surface area contributed by atoms with Crippen molar-refractivity contribution in [1.82, 2.24) is 0 Å². The summed E-state index contributed by atoms with van der Waals surface area (Å²) in [5.74, 6) is 0. The van der Waals surface area contributed by atoms with Gasteiger partial charge in [0.25, 0.3) is 6.71 Å². The fourth-order valence-corrected chi connectivity index (χ4v) is 14.7. The summed E-state index contributed by atoms with van der Waals surface area (Å²) in [6, 6.07) is 46.8. The molecule has 0 radical (unpaired) electrons. The van der Waals surface area contributed by atoms with Gasteiger partial charge in [-0.15, -0.1) is 0 Å². The second-order valence-electron chi connectivity index (χ2n) is 26.8. The molecule has 3 nitrogen and oxygen atoms in total. The molecule has 6 aromatic rings. The SMILES string of the molecule is CC(C)(C)c1cccc(N2c3cc(C(C)(C)C)ccc3B3c4cc(C(C)(C)C)cc5c4N(c4cc(N(c6ccc([Si](C)(C)C)cc6)c6ccc([Si](C)(C)C)cc6)cc2c43)C2(C)CCCCC52C)c1. The lowest BCUT2D eigenvalue weighted by Crippen LogP contribution is -2.64. The fraction of sp³-hybridized carbons (Fsp3) is 0.419. The van der Waals surface area contributed by atoms with Crippen LogP contribution in [0.5, 0.6) is 0 Å². The van der Waals surface area contributed by atoms with Gasteiger partial charge in [-0.2, -0.15) is 0 Å². The summed E-state index contributed by atoms with van der Waals surface area (Å²) in [6.45, 7) is 41.5. The Labute approximate surface area is 413 Å². The first-order valence-corrected chi connectivity index (χ1v) is 32.8. The Morgan fingerprint density at radius 1 is 0.515 bits per heavy atom. The van der Waals surface area contributed by atoms with E-state index in [9.17, 15) is 0 Å². The Morgan fingerprint density at radius 3 is 1.62 bits per heavy atom. The van der Waals surface area contributed by atoms with Crippen LogP contribution in [0.1, 0.15) is 124 Å². The molecule has 352 valence electrons. The maximum Gasteiger partial charge on any atom is 0.252 e. The quantitative estimate of drug-likeness (QED) is 0.154. The second kappa shape index (κ2) is 15.4. The Bertz CT molecular complexity index is 2910. The van der Waals surface area contributed by atoms with Crippen LogP contribution in [0, 0.1) is 0 Å². The summed E-state index contributed by atoms with van der Waals surface area (Å²) < 4.78 is 0. The number of hydrogen-bond donors (Lipinski definition) is 0. The minimum Gasteiger partial charge on any atom is -0.335 e. The van der Waals surface area contributed by atoms with Crippen molar-refractivity contribution >= 4 is 95.1 Å². The van der Waals surface area contributed by atoms with Gasteiger partial charge in [0.15, 0.2) is 0 Å². The van der Waals surface area contributed by atoms with Crippen molar-refractivity contribution in [1.29, 1.82) is 0 Å². The average Bonchev–Trinajstić information content (AvgIpc) is 3.47. The van der Waals surface area contributed by atoms with Crippen LogP contribution in [-0.4, -0.2) is 28.4 Å². The van der Waals surface area contributed by atoms with Crippen LogP contribution in [0.15, 0.2) is 115 Å². The van der Waals surface area contributed by atoms with E-state index in [0.29, 0.717) is 0 Å². The van der Waals surface area contributed by atoms with Crippen LogP contribution in [0.3, 0.4) is 0 Å². The Morgan fingerprint density at radius 2 is 1.06 bits per heavy atom. The summed E-state index contributed by atoms with van der Waals surface area (Å²) in [4.78, 5) is 8.18. The molecule has 0 N–H and O–H groups in total. The zero-order valence-electron chi connectivity index (χ0n) is 44.7. The van der Waals surface area contributed by atoms with Crippen LogP contribution in [-0.2, 0) is 21.7 Å². The highest BCUT2D eigenvalue weighted by atomic mass is 28.3. The van der Waals surface area contributed by atoms with Gasteiger partial charge in [-0.25, -0.2) is 0 Å². The van der Waals surface area contributed by atoms with Gasteiger partial charge in [-0.05, 0) is 129 Å². The Hall–Kier alpha value is -4.78. The molecule has 68 heavy (non-hydrogen) atoms. The third-order valence-electron chi connectivity index (χ3n) is 17.0. The van der Waals surface area contributed by atoms with Gasteiger partial charge in [-0.3, -0.25) is 0 Å².